The zero-order valence-corrected chi connectivity index (χ0v) is 10.3. The normalized spacial score (nSPS) is 10.7. The fourth-order valence-corrected chi connectivity index (χ4v) is 1.91. The van der Waals surface area contributed by atoms with Crippen molar-refractivity contribution < 1.29 is 9.53 Å². The molecular weight excluding hydrogens is 214 g/mol. The molecule has 0 radical (unpaired) electrons. The van der Waals surface area contributed by atoms with Crippen molar-refractivity contribution in [3.8, 4) is 5.75 Å². The van der Waals surface area contributed by atoms with E-state index in [2.05, 4.69) is 6.92 Å². The number of carbonyl (C=O) groups excluding carboxylic acids is 1. The van der Waals surface area contributed by atoms with E-state index in [1.165, 1.54) is 0 Å². The van der Waals surface area contributed by atoms with Crippen LogP contribution in [0.25, 0.3) is 10.9 Å². The van der Waals surface area contributed by atoms with Crippen molar-refractivity contribution >= 4 is 17.2 Å². The van der Waals surface area contributed by atoms with Crippen molar-refractivity contribution in [2.45, 2.75) is 19.8 Å². The van der Waals surface area contributed by atoms with E-state index in [1.54, 1.807) is 0 Å². The highest BCUT2D eigenvalue weighted by Crippen LogP contribution is 2.29. The molecule has 90 valence electrons. The van der Waals surface area contributed by atoms with Crippen LogP contribution < -0.4 is 4.74 Å². The maximum Gasteiger partial charge on any atom is 0.153 e. The van der Waals surface area contributed by atoms with Crippen LogP contribution in [0.1, 0.15) is 30.1 Å². The summed E-state index contributed by atoms with van der Waals surface area (Å²) in [7, 11) is 1.98. The zero-order valence-electron chi connectivity index (χ0n) is 10.3. The van der Waals surface area contributed by atoms with Crippen molar-refractivity contribution in [1.82, 2.24) is 4.57 Å². The van der Waals surface area contributed by atoms with Gasteiger partial charge in [-0.15, -0.1) is 0 Å². The molecule has 2 aromatic rings. The molecule has 0 fully saturated rings. The minimum absolute atomic E-state index is 0.625. The average Bonchev–Trinajstić information content (AvgIpc) is 2.72. The van der Waals surface area contributed by atoms with Crippen molar-refractivity contribution in [3.63, 3.8) is 0 Å². The van der Waals surface area contributed by atoms with E-state index in [9.17, 15) is 4.79 Å². The summed E-state index contributed by atoms with van der Waals surface area (Å²) >= 11 is 0. The molecule has 0 aliphatic carbocycles. The number of hydrogen-bond donors (Lipinski definition) is 0. The Morgan fingerprint density at radius 2 is 2.18 bits per heavy atom. The molecule has 2 rings (SSSR count). The molecular formula is C14H17NO2. The van der Waals surface area contributed by atoms with Gasteiger partial charge in [0.15, 0.2) is 6.29 Å². The van der Waals surface area contributed by atoms with Gasteiger partial charge in [0.05, 0.1) is 17.7 Å². The van der Waals surface area contributed by atoms with E-state index in [1.807, 2.05) is 36.0 Å². The third-order valence-electron chi connectivity index (χ3n) is 2.92. The fraction of sp³-hybridized carbons (Fsp3) is 0.357. The SMILES string of the molecule is CCCCOc1c(C=O)ccc2c1ccn2C. The summed E-state index contributed by atoms with van der Waals surface area (Å²) < 4.78 is 7.77. The lowest BCUT2D eigenvalue weighted by Gasteiger charge is -2.09. The number of carbonyl (C=O) groups is 1. The molecule has 0 aliphatic heterocycles. The van der Waals surface area contributed by atoms with Gasteiger partial charge in [0.2, 0.25) is 0 Å². The molecule has 0 spiro atoms. The number of rotatable bonds is 5. The lowest BCUT2D eigenvalue weighted by molar-refractivity contribution is 0.112. The van der Waals surface area contributed by atoms with Crippen molar-refractivity contribution in [2.75, 3.05) is 6.61 Å². The highest BCUT2D eigenvalue weighted by Gasteiger charge is 2.10. The smallest absolute Gasteiger partial charge is 0.153 e. The molecule has 1 aromatic heterocycles. The lowest BCUT2D eigenvalue weighted by atomic mass is 10.1. The topological polar surface area (TPSA) is 31.2 Å². The average molecular weight is 231 g/mol. The summed E-state index contributed by atoms with van der Waals surface area (Å²) in [5.41, 5.74) is 1.71. The second kappa shape index (κ2) is 5.04. The minimum Gasteiger partial charge on any atom is -0.492 e. The van der Waals surface area contributed by atoms with Gasteiger partial charge in [-0.2, -0.15) is 0 Å². The van der Waals surface area contributed by atoms with Gasteiger partial charge in [0.1, 0.15) is 5.75 Å². The van der Waals surface area contributed by atoms with Gasteiger partial charge >= 0.3 is 0 Å². The molecule has 0 bridgehead atoms. The number of aldehydes is 1. The maximum atomic E-state index is 11.0. The monoisotopic (exact) mass is 231 g/mol. The van der Waals surface area contributed by atoms with Crippen LogP contribution in [0.15, 0.2) is 24.4 Å². The van der Waals surface area contributed by atoms with Gasteiger partial charge < -0.3 is 9.30 Å². The first kappa shape index (κ1) is 11.7. The molecule has 1 aromatic carbocycles. The van der Waals surface area contributed by atoms with E-state index in [4.69, 9.17) is 4.74 Å². The van der Waals surface area contributed by atoms with Crippen molar-refractivity contribution in [1.29, 1.82) is 0 Å². The number of fused-ring (bicyclic) bond motifs is 1. The Morgan fingerprint density at radius 3 is 2.88 bits per heavy atom. The number of aromatic nitrogens is 1. The lowest BCUT2D eigenvalue weighted by Crippen LogP contribution is -2.00. The van der Waals surface area contributed by atoms with E-state index in [-0.39, 0.29) is 0 Å². The van der Waals surface area contributed by atoms with Crippen LogP contribution in [0.4, 0.5) is 0 Å². The van der Waals surface area contributed by atoms with Crippen LogP contribution in [-0.2, 0) is 7.05 Å². The third kappa shape index (κ3) is 2.18. The van der Waals surface area contributed by atoms with Gasteiger partial charge in [-0.05, 0) is 24.6 Å². The molecule has 17 heavy (non-hydrogen) atoms. The van der Waals surface area contributed by atoms with Crippen LogP contribution in [0.2, 0.25) is 0 Å². The number of hydrogen-bond acceptors (Lipinski definition) is 2. The first-order valence-electron chi connectivity index (χ1n) is 5.94. The summed E-state index contributed by atoms with van der Waals surface area (Å²) in [5, 5.41) is 1.01. The van der Waals surface area contributed by atoms with Crippen LogP contribution in [-0.4, -0.2) is 17.5 Å². The van der Waals surface area contributed by atoms with Crippen molar-refractivity contribution in [2.24, 2.45) is 7.05 Å². The maximum absolute atomic E-state index is 11.0. The molecule has 0 saturated heterocycles. The Kier molecular flexibility index (Phi) is 3.47. The predicted molar refractivity (Wildman–Crippen MR) is 68.7 cm³/mol. The van der Waals surface area contributed by atoms with Crippen LogP contribution in [0, 0.1) is 0 Å². The molecule has 0 N–H and O–H groups in total. The minimum atomic E-state index is 0.625. The van der Waals surface area contributed by atoms with E-state index >= 15 is 0 Å². The Balaban J connectivity index is 2.44. The molecule has 3 heteroatoms. The summed E-state index contributed by atoms with van der Waals surface area (Å²) in [4.78, 5) is 11.0. The summed E-state index contributed by atoms with van der Waals surface area (Å²) in [6, 6.07) is 5.76. The quantitative estimate of drug-likeness (QED) is 0.584. The van der Waals surface area contributed by atoms with Gasteiger partial charge in [-0.25, -0.2) is 0 Å². The number of unbranched alkanes of at least 4 members (excludes halogenated alkanes) is 1. The standard InChI is InChI=1S/C14H17NO2/c1-3-4-9-17-14-11(10-16)5-6-13-12(14)7-8-15(13)2/h5-8,10H,3-4,9H2,1-2H3. The predicted octanol–water partition coefficient (Wildman–Crippen LogP) is 3.17. The molecule has 0 atom stereocenters. The zero-order chi connectivity index (χ0) is 12.3. The first-order chi connectivity index (χ1) is 8.27. The molecule has 0 amide bonds. The Bertz CT molecular complexity index is 528. The highest BCUT2D eigenvalue weighted by atomic mass is 16.5. The second-order valence-electron chi connectivity index (χ2n) is 4.16. The van der Waals surface area contributed by atoms with E-state index in [0.29, 0.717) is 17.9 Å². The Labute approximate surface area is 101 Å². The van der Waals surface area contributed by atoms with E-state index in [0.717, 1.165) is 30.0 Å². The molecule has 1 heterocycles. The van der Waals surface area contributed by atoms with E-state index < -0.39 is 0 Å². The molecule has 0 unspecified atom stereocenters. The molecule has 0 saturated carbocycles. The fourth-order valence-electron chi connectivity index (χ4n) is 1.91. The van der Waals surface area contributed by atoms with Gasteiger partial charge in [-0.3, -0.25) is 4.79 Å². The second-order valence-corrected chi connectivity index (χ2v) is 4.16. The number of ether oxygens (including phenoxy) is 1. The first-order valence-corrected chi connectivity index (χ1v) is 5.94. The number of benzene rings is 1. The van der Waals surface area contributed by atoms with Crippen molar-refractivity contribution in [3.05, 3.63) is 30.0 Å². The van der Waals surface area contributed by atoms with Gasteiger partial charge in [-0.1, -0.05) is 13.3 Å². The highest BCUT2D eigenvalue weighted by molar-refractivity contribution is 5.95. The largest absolute Gasteiger partial charge is 0.492 e. The number of nitrogens with zero attached hydrogens (tertiary/aromatic N) is 1. The number of aryl methyl sites for hydroxylation is 1. The third-order valence-corrected chi connectivity index (χ3v) is 2.92. The molecule has 3 nitrogen and oxygen atoms in total. The summed E-state index contributed by atoms with van der Waals surface area (Å²) in [6.07, 6.45) is 4.92. The van der Waals surface area contributed by atoms with Gasteiger partial charge in [0.25, 0.3) is 0 Å². The van der Waals surface area contributed by atoms with Crippen LogP contribution >= 0.6 is 0 Å². The summed E-state index contributed by atoms with van der Waals surface area (Å²) in [6.45, 7) is 2.78. The Morgan fingerprint density at radius 1 is 1.35 bits per heavy atom. The Hall–Kier alpha value is -1.77. The van der Waals surface area contributed by atoms with Crippen LogP contribution in [0.3, 0.4) is 0 Å². The van der Waals surface area contributed by atoms with Crippen LogP contribution in [0.5, 0.6) is 5.75 Å². The van der Waals surface area contributed by atoms with Gasteiger partial charge in [0, 0.05) is 18.6 Å². The summed E-state index contributed by atoms with van der Waals surface area (Å²) in [5.74, 6) is 0.714. The molecule has 0 aliphatic rings.